The lowest BCUT2D eigenvalue weighted by molar-refractivity contribution is -0.136. The lowest BCUT2D eigenvalue weighted by atomic mass is 10.1. The molecule has 128 valence electrons. The van der Waals surface area contributed by atoms with Crippen molar-refractivity contribution >= 4 is 35.1 Å². The molecule has 25 heavy (non-hydrogen) atoms. The van der Waals surface area contributed by atoms with E-state index >= 15 is 0 Å². The van der Waals surface area contributed by atoms with Crippen LogP contribution in [0.5, 0.6) is 11.5 Å². The fourth-order valence-electron chi connectivity index (χ4n) is 2.20. The number of nitrogens with zero attached hydrogens (tertiary/aromatic N) is 1. The summed E-state index contributed by atoms with van der Waals surface area (Å²) >= 11 is 1.30. The van der Waals surface area contributed by atoms with E-state index in [4.69, 9.17) is 9.47 Å². The molecule has 1 aliphatic rings. The first-order valence-electron chi connectivity index (χ1n) is 7.59. The van der Waals surface area contributed by atoms with Crippen LogP contribution in [0.1, 0.15) is 29.1 Å². The van der Waals surface area contributed by atoms with Crippen molar-refractivity contribution in [2.75, 3.05) is 6.61 Å². The van der Waals surface area contributed by atoms with Gasteiger partial charge in [0.15, 0.2) is 11.5 Å². The van der Waals surface area contributed by atoms with Gasteiger partial charge in [-0.3, -0.25) is 0 Å². The predicted molar refractivity (Wildman–Crippen MR) is 94.1 cm³/mol. The number of carbonyl (C=O) groups is 2. The molecular weight excluding hydrogens is 342 g/mol. The predicted octanol–water partition coefficient (Wildman–Crippen LogP) is 3.68. The van der Waals surface area contributed by atoms with Crippen LogP contribution in [0.25, 0.3) is 6.08 Å². The molecule has 0 radical (unpaired) electrons. The second-order valence-corrected chi connectivity index (χ2v) is 6.07. The Balaban J connectivity index is 1.88. The second kappa shape index (κ2) is 7.31. The van der Waals surface area contributed by atoms with Crippen molar-refractivity contribution in [3.63, 3.8) is 0 Å². The molecule has 0 atom stereocenters. The first-order valence-corrected chi connectivity index (χ1v) is 8.47. The number of oxime groups is 1. The Morgan fingerprint density at radius 2 is 2.16 bits per heavy atom. The summed E-state index contributed by atoms with van der Waals surface area (Å²) in [6.07, 6.45) is 1.65. The molecule has 0 bridgehead atoms. The molecule has 2 aromatic rings. The number of ether oxygens (including phenoxy) is 2. The largest absolute Gasteiger partial charge is 0.490 e. The number of hydrogen-bond donors (Lipinski definition) is 0. The van der Waals surface area contributed by atoms with Gasteiger partial charge in [-0.05, 0) is 49.1 Å². The van der Waals surface area contributed by atoms with E-state index in [0.29, 0.717) is 39.8 Å². The van der Waals surface area contributed by atoms with Crippen LogP contribution in [0.2, 0.25) is 0 Å². The summed E-state index contributed by atoms with van der Waals surface area (Å²) in [6, 6.07) is 8.54. The van der Waals surface area contributed by atoms with Gasteiger partial charge in [0.05, 0.1) is 17.9 Å². The smallest absolute Gasteiger partial charge is 0.367 e. The molecule has 7 heteroatoms. The third-order valence-corrected chi connectivity index (χ3v) is 4.23. The topological polar surface area (TPSA) is 74.2 Å². The molecule has 0 saturated carbocycles. The zero-order valence-corrected chi connectivity index (χ0v) is 14.5. The number of benzene rings is 1. The monoisotopic (exact) mass is 357 g/mol. The van der Waals surface area contributed by atoms with Gasteiger partial charge in [0.2, 0.25) is 0 Å². The fourth-order valence-corrected chi connectivity index (χ4v) is 2.80. The van der Waals surface area contributed by atoms with Gasteiger partial charge in [0.1, 0.15) is 4.88 Å². The quantitative estimate of drug-likeness (QED) is 0.353. The first kappa shape index (κ1) is 16.9. The maximum atomic E-state index is 12.1. The lowest BCUT2D eigenvalue weighted by Gasteiger charge is -2.11. The minimum Gasteiger partial charge on any atom is -0.490 e. The molecule has 0 fully saturated rings. The minimum absolute atomic E-state index is 0.321. The van der Waals surface area contributed by atoms with Crippen molar-refractivity contribution in [1.82, 2.24) is 0 Å². The Hall–Kier alpha value is -2.93. The molecule has 0 spiro atoms. The van der Waals surface area contributed by atoms with E-state index in [-0.39, 0.29) is 0 Å². The third kappa shape index (κ3) is 3.77. The van der Waals surface area contributed by atoms with E-state index in [1.807, 2.05) is 6.92 Å². The maximum Gasteiger partial charge on any atom is 0.367 e. The average molecular weight is 357 g/mol. The van der Waals surface area contributed by atoms with Crippen LogP contribution < -0.4 is 9.47 Å². The minimum atomic E-state index is -0.497. The fraction of sp³-hybridized carbons (Fsp3) is 0.167. The Bertz CT molecular complexity index is 868. The van der Waals surface area contributed by atoms with Crippen molar-refractivity contribution in [3.05, 3.63) is 51.7 Å². The van der Waals surface area contributed by atoms with Gasteiger partial charge in [-0.2, -0.15) is 0 Å². The highest BCUT2D eigenvalue weighted by molar-refractivity contribution is 7.12. The van der Waals surface area contributed by atoms with Crippen LogP contribution in [0, 0.1) is 0 Å². The second-order valence-electron chi connectivity index (χ2n) is 5.12. The van der Waals surface area contributed by atoms with Gasteiger partial charge in [0, 0.05) is 0 Å². The third-order valence-electron chi connectivity index (χ3n) is 3.38. The SMILES string of the molecule is CCOc1cc(/C=C2\C(=O)ON=C2C)ccc1OC(=O)c1cccs1. The highest BCUT2D eigenvalue weighted by atomic mass is 32.1. The van der Waals surface area contributed by atoms with Gasteiger partial charge >= 0.3 is 11.9 Å². The zero-order valence-electron chi connectivity index (χ0n) is 13.6. The van der Waals surface area contributed by atoms with Crippen LogP contribution in [0.3, 0.4) is 0 Å². The van der Waals surface area contributed by atoms with Crippen LogP contribution in [0.15, 0.2) is 46.4 Å². The highest BCUT2D eigenvalue weighted by Gasteiger charge is 2.22. The molecule has 1 aromatic heterocycles. The van der Waals surface area contributed by atoms with Gasteiger partial charge in [0.25, 0.3) is 0 Å². The molecule has 6 nitrogen and oxygen atoms in total. The molecule has 1 aliphatic heterocycles. The number of thiophene rings is 1. The van der Waals surface area contributed by atoms with Crippen molar-refractivity contribution in [2.24, 2.45) is 5.16 Å². The molecular formula is C18H15NO5S. The molecule has 0 amide bonds. The summed E-state index contributed by atoms with van der Waals surface area (Å²) in [5.41, 5.74) is 1.60. The normalized spacial score (nSPS) is 15.0. The first-order chi connectivity index (χ1) is 12.1. The van der Waals surface area contributed by atoms with E-state index in [2.05, 4.69) is 9.99 Å². The molecule has 0 N–H and O–H groups in total. The van der Waals surface area contributed by atoms with Crippen LogP contribution >= 0.6 is 11.3 Å². The van der Waals surface area contributed by atoms with Crippen LogP contribution in [0.4, 0.5) is 0 Å². The zero-order chi connectivity index (χ0) is 17.8. The number of rotatable bonds is 5. The number of hydrogen-bond acceptors (Lipinski definition) is 7. The standard InChI is InChI=1S/C18H15NO5S/c1-3-22-15-10-12(9-13-11(2)19-24-17(13)20)6-7-14(15)23-18(21)16-5-4-8-25-16/h4-10H,3H2,1-2H3/b13-9-. The summed E-state index contributed by atoms with van der Waals surface area (Å²) in [5, 5.41) is 5.44. The van der Waals surface area contributed by atoms with Gasteiger partial charge in [-0.15, -0.1) is 11.3 Å². The van der Waals surface area contributed by atoms with E-state index in [1.54, 1.807) is 48.7 Å². The maximum absolute atomic E-state index is 12.1. The van der Waals surface area contributed by atoms with Crippen molar-refractivity contribution in [1.29, 1.82) is 0 Å². The summed E-state index contributed by atoms with van der Waals surface area (Å²) in [6.45, 7) is 3.94. The molecule has 0 unspecified atom stereocenters. The summed E-state index contributed by atoms with van der Waals surface area (Å²) in [7, 11) is 0. The van der Waals surface area contributed by atoms with E-state index in [1.165, 1.54) is 11.3 Å². The summed E-state index contributed by atoms with van der Waals surface area (Å²) < 4.78 is 11.0. The van der Waals surface area contributed by atoms with E-state index in [0.717, 1.165) is 0 Å². The van der Waals surface area contributed by atoms with Crippen LogP contribution in [-0.2, 0) is 9.63 Å². The number of carbonyl (C=O) groups excluding carboxylic acids is 2. The Morgan fingerprint density at radius 1 is 1.32 bits per heavy atom. The Labute approximate surface area is 148 Å². The molecule has 3 rings (SSSR count). The summed E-state index contributed by atoms with van der Waals surface area (Å²) in [5.74, 6) is -0.197. The summed E-state index contributed by atoms with van der Waals surface area (Å²) in [4.78, 5) is 28.9. The average Bonchev–Trinajstić information content (AvgIpc) is 3.23. The van der Waals surface area contributed by atoms with E-state index < -0.39 is 11.9 Å². The van der Waals surface area contributed by atoms with Crippen molar-refractivity contribution in [3.8, 4) is 11.5 Å². The van der Waals surface area contributed by atoms with Crippen molar-refractivity contribution in [2.45, 2.75) is 13.8 Å². The molecule has 1 aromatic carbocycles. The lowest BCUT2D eigenvalue weighted by Crippen LogP contribution is -2.08. The Kier molecular flexibility index (Phi) is 4.95. The van der Waals surface area contributed by atoms with Gasteiger partial charge < -0.3 is 14.3 Å². The Morgan fingerprint density at radius 3 is 2.80 bits per heavy atom. The van der Waals surface area contributed by atoms with Crippen LogP contribution in [-0.4, -0.2) is 24.3 Å². The van der Waals surface area contributed by atoms with E-state index in [9.17, 15) is 9.59 Å². The molecule has 0 saturated heterocycles. The van der Waals surface area contributed by atoms with Gasteiger partial charge in [-0.1, -0.05) is 17.3 Å². The molecule has 0 aliphatic carbocycles. The molecule has 2 heterocycles. The van der Waals surface area contributed by atoms with Crippen molar-refractivity contribution < 1.29 is 23.9 Å². The highest BCUT2D eigenvalue weighted by Crippen LogP contribution is 2.31. The number of esters is 1. The van der Waals surface area contributed by atoms with Gasteiger partial charge in [-0.25, -0.2) is 9.59 Å².